The van der Waals surface area contributed by atoms with Crippen molar-refractivity contribution in [2.75, 3.05) is 19.3 Å². The highest BCUT2D eigenvalue weighted by atomic mass is 32.2. The van der Waals surface area contributed by atoms with Gasteiger partial charge in [0.15, 0.2) is 5.17 Å². The van der Waals surface area contributed by atoms with Crippen LogP contribution in [0.4, 0.5) is 0 Å². The van der Waals surface area contributed by atoms with Crippen LogP contribution in [-0.4, -0.2) is 34.5 Å². The summed E-state index contributed by atoms with van der Waals surface area (Å²) in [4.78, 5) is 4.57. The lowest BCUT2D eigenvalue weighted by molar-refractivity contribution is 0.575. The van der Waals surface area contributed by atoms with Gasteiger partial charge in [-0.3, -0.25) is 4.99 Å². The fourth-order valence-corrected chi connectivity index (χ4v) is 2.99. The predicted octanol–water partition coefficient (Wildman–Crippen LogP) is 3.24. The molecule has 1 heterocycles. The van der Waals surface area contributed by atoms with Gasteiger partial charge in [0, 0.05) is 16.5 Å². The molecule has 0 amide bonds. The number of amidine groups is 1. The first-order valence-electron chi connectivity index (χ1n) is 5.93. The Morgan fingerprint density at radius 2 is 2.25 bits per heavy atom. The second kappa shape index (κ2) is 6.20. The molecule has 0 saturated heterocycles. The Hall–Kier alpha value is 0.170. The fraction of sp³-hybridized carbons (Fsp3) is 0.917. The molecule has 0 aromatic carbocycles. The number of rotatable bonds is 5. The number of thioether (sulfide) groups is 2. The van der Waals surface area contributed by atoms with E-state index < -0.39 is 0 Å². The lowest BCUT2D eigenvalue weighted by Crippen LogP contribution is -2.34. The Balaban J connectivity index is 2.26. The molecule has 2 nitrogen and oxygen atoms in total. The van der Waals surface area contributed by atoms with E-state index >= 15 is 0 Å². The zero-order valence-electron chi connectivity index (χ0n) is 11.0. The van der Waals surface area contributed by atoms with Crippen LogP contribution in [-0.2, 0) is 0 Å². The minimum absolute atomic E-state index is 0.291. The highest BCUT2D eigenvalue weighted by Gasteiger charge is 2.22. The van der Waals surface area contributed by atoms with Crippen LogP contribution in [0.15, 0.2) is 4.99 Å². The van der Waals surface area contributed by atoms with Crippen molar-refractivity contribution in [1.29, 1.82) is 0 Å². The third-order valence-corrected chi connectivity index (χ3v) is 5.09. The van der Waals surface area contributed by atoms with Gasteiger partial charge in [-0.25, -0.2) is 0 Å². The van der Waals surface area contributed by atoms with E-state index in [2.05, 4.69) is 44.3 Å². The summed E-state index contributed by atoms with van der Waals surface area (Å²) >= 11 is 3.81. The average molecular weight is 260 g/mol. The van der Waals surface area contributed by atoms with E-state index in [0.29, 0.717) is 10.00 Å². The fourth-order valence-electron chi connectivity index (χ4n) is 1.52. The molecule has 1 atom stereocenters. The second-order valence-electron chi connectivity index (χ2n) is 5.33. The molecular weight excluding hydrogens is 236 g/mol. The predicted molar refractivity (Wildman–Crippen MR) is 78.7 cm³/mol. The zero-order chi connectivity index (χ0) is 12.2. The SMILES string of the molecule is CSC(C)(C)CNC1=NCC(CC(C)C)S1. The third-order valence-electron chi connectivity index (χ3n) is 2.67. The molecule has 1 rings (SSSR count). The molecule has 0 fully saturated rings. The van der Waals surface area contributed by atoms with Crippen molar-refractivity contribution in [2.24, 2.45) is 10.9 Å². The summed E-state index contributed by atoms with van der Waals surface area (Å²) in [6, 6.07) is 0. The van der Waals surface area contributed by atoms with Crippen LogP contribution in [0, 0.1) is 5.92 Å². The monoisotopic (exact) mass is 260 g/mol. The van der Waals surface area contributed by atoms with Crippen molar-refractivity contribution in [3.05, 3.63) is 0 Å². The molecule has 0 aromatic heterocycles. The van der Waals surface area contributed by atoms with Gasteiger partial charge in [0.1, 0.15) is 0 Å². The molecule has 0 saturated carbocycles. The first-order valence-corrected chi connectivity index (χ1v) is 8.03. The highest BCUT2D eigenvalue weighted by Crippen LogP contribution is 2.26. The van der Waals surface area contributed by atoms with E-state index in [1.54, 1.807) is 0 Å². The Morgan fingerprint density at radius 1 is 1.56 bits per heavy atom. The van der Waals surface area contributed by atoms with Crippen LogP contribution in [0.5, 0.6) is 0 Å². The third kappa shape index (κ3) is 5.00. The van der Waals surface area contributed by atoms with Crippen molar-refractivity contribution >= 4 is 28.7 Å². The molecule has 0 bridgehead atoms. The summed E-state index contributed by atoms with van der Waals surface area (Å²) < 4.78 is 0.291. The van der Waals surface area contributed by atoms with Gasteiger partial charge in [-0.05, 0) is 32.4 Å². The van der Waals surface area contributed by atoms with E-state index in [0.717, 1.165) is 24.2 Å². The lowest BCUT2D eigenvalue weighted by atomic mass is 10.1. The Labute approximate surface area is 108 Å². The summed E-state index contributed by atoms with van der Waals surface area (Å²) in [5, 5.41) is 5.31. The number of hydrogen-bond donors (Lipinski definition) is 1. The smallest absolute Gasteiger partial charge is 0.156 e. The van der Waals surface area contributed by atoms with Gasteiger partial charge in [0.25, 0.3) is 0 Å². The van der Waals surface area contributed by atoms with Crippen LogP contribution in [0.1, 0.15) is 34.1 Å². The van der Waals surface area contributed by atoms with E-state index in [9.17, 15) is 0 Å². The van der Waals surface area contributed by atoms with E-state index in [1.165, 1.54) is 6.42 Å². The van der Waals surface area contributed by atoms with Crippen molar-refractivity contribution < 1.29 is 0 Å². The molecule has 0 aromatic rings. The van der Waals surface area contributed by atoms with Crippen LogP contribution in [0.3, 0.4) is 0 Å². The number of aliphatic imine (C=N–C) groups is 1. The van der Waals surface area contributed by atoms with E-state index in [1.807, 2.05) is 23.5 Å². The molecule has 4 heteroatoms. The van der Waals surface area contributed by atoms with Crippen LogP contribution in [0.25, 0.3) is 0 Å². The van der Waals surface area contributed by atoms with Gasteiger partial charge < -0.3 is 5.32 Å². The standard InChI is InChI=1S/C12H24N2S2/c1-9(2)6-10-7-13-11(16-10)14-8-12(3,4)15-5/h9-10H,6-8H2,1-5H3,(H,13,14). The minimum atomic E-state index is 0.291. The summed E-state index contributed by atoms with van der Waals surface area (Å²) in [5.41, 5.74) is 0. The first-order chi connectivity index (χ1) is 7.43. The quantitative estimate of drug-likeness (QED) is 0.821. The molecule has 0 spiro atoms. The van der Waals surface area contributed by atoms with Crippen LogP contribution >= 0.6 is 23.5 Å². The molecule has 16 heavy (non-hydrogen) atoms. The van der Waals surface area contributed by atoms with Gasteiger partial charge in [0.2, 0.25) is 0 Å². The topological polar surface area (TPSA) is 24.4 Å². The Bertz CT molecular complexity index is 249. The Morgan fingerprint density at radius 3 is 2.81 bits per heavy atom. The van der Waals surface area contributed by atoms with Gasteiger partial charge >= 0.3 is 0 Å². The van der Waals surface area contributed by atoms with Gasteiger partial charge in [-0.2, -0.15) is 11.8 Å². The largest absolute Gasteiger partial charge is 0.364 e. The number of hydrogen-bond acceptors (Lipinski definition) is 4. The van der Waals surface area contributed by atoms with Crippen LogP contribution < -0.4 is 5.32 Å². The summed E-state index contributed by atoms with van der Waals surface area (Å²) in [7, 11) is 0. The number of nitrogens with one attached hydrogen (secondary N) is 1. The van der Waals surface area contributed by atoms with E-state index in [-0.39, 0.29) is 0 Å². The average Bonchev–Trinajstić information content (AvgIpc) is 2.62. The van der Waals surface area contributed by atoms with Gasteiger partial charge in [0.05, 0.1) is 6.54 Å². The van der Waals surface area contributed by atoms with Crippen molar-refractivity contribution in [1.82, 2.24) is 5.32 Å². The normalized spacial score (nSPS) is 21.4. The lowest BCUT2D eigenvalue weighted by Gasteiger charge is -2.22. The molecule has 1 N–H and O–H groups in total. The molecular formula is C12H24N2S2. The summed E-state index contributed by atoms with van der Waals surface area (Å²) in [6.45, 7) is 11.1. The van der Waals surface area contributed by atoms with Crippen LogP contribution in [0.2, 0.25) is 0 Å². The van der Waals surface area contributed by atoms with Gasteiger partial charge in [-0.15, -0.1) is 0 Å². The van der Waals surface area contributed by atoms with E-state index in [4.69, 9.17) is 0 Å². The molecule has 94 valence electrons. The second-order valence-corrected chi connectivity index (χ2v) is 8.14. The zero-order valence-corrected chi connectivity index (χ0v) is 12.7. The van der Waals surface area contributed by atoms with Crippen molar-refractivity contribution in [3.63, 3.8) is 0 Å². The van der Waals surface area contributed by atoms with Crippen molar-refractivity contribution in [2.45, 2.75) is 44.1 Å². The summed E-state index contributed by atoms with van der Waals surface area (Å²) in [6.07, 6.45) is 3.43. The first kappa shape index (κ1) is 14.2. The molecule has 1 aliphatic rings. The maximum Gasteiger partial charge on any atom is 0.156 e. The summed E-state index contributed by atoms with van der Waals surface area (Å²) in [5.74, 6) is 0.773. The number of nitrogens with zero attached hydrogens (tertiary/aromatic N) is 1. The Kier molecular flexibility index (Phi) is 5.51. The molecule has 0 radical (unpaired) electrons. The highest BCUT2D eigenvalue weighted by molar-refractivity contribution is 8.14. The molecule has 1 unspecified atom stereocenters. The molecule has 1 aliphatic heterocycles. The van der Waals surface area contributed by atoms with Crippen molar-refractivity contribution in [3.8, 4) is 0 Å². The maximum atomic E-state index is 4.57. The van der Waals surface area contributed by atoms with Gasteiger partial charge in [-0.1, -0.05) is 25.6 Å². The molecule has 0 aliphatic carbocycles. The minimum Gasteiger partial charge on any atom is -0.364 e. The maximum absolute atomic E-state index is 4.57.